The molecule has 0 aliphatic carbocycles. The number of nitrogens with zero attached hydrogens (tertiary/aromatic N) is 1. The maximum Gasteiger partial charge on any atom is 0.345 e. The smallest absolute Gasteiger partial charge is 0.188 e. The lowest BCUT2D eigenvalue weighted by molar-refractivity contribution is 0.214. The lowest BCUT2D eigenvalue weighted by Gasteiger charge is -2.25. The van der Waals surface area contributed by atoms with Crippen LogP contribution in [0.15, 0.2) is 0 Å². The van der Waals surface area contributed by atoms with Gasteiger partial charge < -0.3 is 0 Å². The summed E-state index contributed by atoms with van der Waals surface area (Å²) < 4.78 is 13.2. The Morgan fingerprint density at radius 3 is 2.08 bits per heavy atom. The van der Waals surface area contributed by atoms with Crippen molar-refractivity contribution < 1.29 is 9.05 Å². The highest BCUT2D eigenvalue weighted by Crippen LogP contribution is 2.59. The summed E-state index contributed by atoms with van der Waals surface area (Å²) in [4.78, 5) is 0. The van der Waals surface area contributed by atoms with Gasteiger partial charge in [-0.3, -0.25) is 0 Å². The first-order valence-corrected chi connectivity index (χ1v) is 6.43. The summed E-state index contributed by atoms with van der Waals surface area (Å²) in [5.74, 6) is 2.58. The molecule has 0 heterocycles. The third kappa shape index (κ3) is 4.06. The minimum Gasteiger partial charge on any atom is -0.188 e. The molecule has 0 aromatic heterocycles. The molecular weight excluding hydrogens is 185 g/mol. The molecule has 0 spiro atoms. The summed E-state index contributed by atoms with van der Waals surface area (Å²) in [5.41, 5.74) is 0. The number of rotatable bonds is 6. The SMILES string of the molecule is C#CCN(C)[P+](C)(OCC)OCC. The molecule has 4 heteroatoms. The van der Waals surface area contributed by atoms with Gasteiger partial charge in [0.15, 0.2) is 0 Å². The maximum absolute atomic E-state index is 5.60. The topological polar surface area (TPSA) is 21.7 Å². The van der Waals surface area contributed by atoms with Crippen LogP contribution >= 0.6 is 7.87 Å². The van der Waals surface area contributed by atoms with Crippen LogP contribution in [0.2, 0.25) is 0 Å². The Bertz CT molecular complexity index is 173. The second-order valence-corrected chi connectivity index (χ2v) is 5.46. The van der Waals surface area contributed by atoms with Gasteiger partial charge in [0, 0.05) is 7.05 Å². The van der Waals surface area contributed by atoms with E-state index in [1.807, 2.05) is 32.2 Å². The molecule has 3 nitrogen and oxygen atoms in total. The Hall–Kier alpha value is -0.130. The van der Waals surface area contributed by atoms with Crippen LogP contribution in [-0.2, 0) is 9.05 Å². The Balaban J connectivity index is 4.29. The lowest BCUT2D eigenvalue weighted by atomic mass is 10.7. The van der Waals surface area contributed by atoms with Gasteiger partial charge in [0.05, 0.1) is 19.8 Å². The number of terminal acetylenes is 1. The molecule has 0 fully saturated rings. The largest absolute Gasteiger partial charge is 0.345 e. The summed E-state index contributed by atoms with van der Waals surface area (Å²) in [7, 11) is 0.0434. The summed E-state index contributed by atoms with van der Waals surface area (Å²) in [5, 5.41) is 0. The monoisotopic (exact) mass is 204 g/mol. The minimum atomic E-state index is -1.89. The van der Waals surface area contributed by atoms with Gasteiger partial charge in [0.25, 0.3) is 0 Å². The Labute approximate surface area is 82.0 Å². The quantitative estimate of drug-likeness (QED) is 0.488. The van der Waals surface area contributed by atoms with E-state index in [0.29, 0.717) is 19.8 Å². The molecule has 0 N–H and O–H groups in total. The Morgan fingerprint density at radius 1 is 1.31 bits per heavy atom. The van der Waals surface area contributed by atoms with Crippen LogP contribution < -0.4 is 0 Å². The van der Waals surface area contributed by atoms with E-state index in [0.717, 1.165) is 0 Å². The minimum absolute atomic E-state index is 0.560. The van der Waals surface area contributed by atoms with Crippen molar-refractivity contribution in [1.29, 1.82) is 0 Å². The molecule has 0 atom stereocenters. The van der Waals surface area contributed by atoms with Crippen LogP contribution in [0.3, 0.4) is 0 Å². The van der Waals surface area contributed by atoms with Crippen molar-refractivity contribution in [2.75, 3.05) is 33.5 Å². The molecule has 0 aromatic carbocycles. The predicted molar refractivity (Wildman–Crippen MR) is 57.6 cm³/mol. The fourth-order valence-electron chi connectivity index (χ4n) is 0.974. The molecule has 0 aliphatic rings. The molecule has 0 bridgehead atoms. The predicted octanol–water partition coefficient (Wildman–Crippen LogP) is 2.02. The number of hydrogen-bond donors (Lipinski definition) is 0. The Morgan fingerprint density at radius 2 is 1.77 bits per heavy atom. The Kier molecular flexibility index (Phi) is 6.28. The molecule has 0 radical (unpaired) electrons. The van der Waals surface area contributed by atoms with Gasteiger partial charge >= 0.3 is 7.87 Å². The van der Waals surface area contributed by atoms with Gasteiger partial charge in [-0.25, -0.2) is 0 Å². The van der Waals surface area contributed by atoms with E-state index in [9.17, 15) is 0 Å². The van der Waals surface area contributed by atoms with Crippen molar-refractivity contribution in [3.63, 3.8) is 0 Å². The zero-order chi connectivity index (χ0) is 10.3. The van der Waals surface area contributed by atoms with E-state index in [1.54, 1.807) is 0 Å². The summed E-state index contributed by atoms with van der Waals surface area (Å²) in [6.07, 6.45) is 5.23. The van der Waals surface area contributed by atoms with Crippen molar-refractivity contribution >= 4 is 7.87 Å². The van der Waals surface area contributed by atoms with E-state index < -0.39 is 7.87 Å². The standard InChI is InChI=1S/C9H19NO2P/c1-6-9-10(4)13(5,11-7-2)12-8-3/h1H,7-9H2,2-5H3/q+1. The van der Waals surface area contributed by atoms with Gasteiger partial charge in [0.1, 0.15) is 6.66 Å². The van der Waals surface area contributed by atoms with Crippen LogP contribution in [0.25, 0.3) is 0 Å². The average Bonchev–Trinajstić information content (AvgIpc) is 2.05. The highest BCUT2D eigenvalue weighted by Gasteiger charge is 2.40. The van der Waals surface area contributed by atoms with Gasteiger partial charge in [-0.2, -0.15) is 9.05 Å². The lowest BCUT2D eigenvalue weighted by Crippen LogP contribution is -2.23. The van der Waals surface area contributed by atoms with Crippen molar-refractivity contribution in [2.24, 2.45) is 0 Å². The molecular formula is C9H19NO2P+. The van der Waals surface area contributed by atoms with Crippen LogP contribution in [-0.4, -0.2) is 38.1 Å². The zero-order valence-electron chi connectivity index (χ0n) is 8.91. The molecule has 0 saturated heterocycles. The summed E-state index contributed by atoms with van der Waals surface area (Å²) in [6, 6.07) is 0. The highest BCUT2D eigenvalue weighted by atomic mass is 31.2. The molecule has 0 saturated carbocycles. The fraction of sp³-hybridized carbons (Fsp3) is 0.778. The third-order valence-corrected chi connectivity index (χ3v) is 4.53. The second-order valence-electron chi connectivity index (χ2n) is 2.66. The van der Waals surface area contributed by atoms with E-state index in [-0.39, 0.29) is 0 Å². The van der Waals surface area contributed by atoms with Crippen molar-refractivity contribution in [3.05, 3.63) is 0 Å². The molecule has 0 unspecified atom stereocenters. The summed E-state index contributed by atoms with van der Waals surface area (Å²) >= 11 is 0. The first-order valence-electron chi connectivity index (χ1n) is 4.41. The van der Waals surface area contributed by atoms with Crippen LogP contribution in [0.1, 0.15) is 13.8 Å². The van der Waals surface area contributed by atoms with Crippen LogP contribution in [0.5, 0.6) is 0 Å². The van der Waals surface area contributed by atoms with Gasteiger partial charge in [0.2, 0.25) is 0 Å². The number of hydrogen-bond acceptors (Lipinski definition) is 3. The fourth-order valence-corrected chi connectivity index (χ4v) is 2.74. The molecule has 0 aliphatic heterocycles. The molecule has 13 heavy (non-hydrogen) atoms. The van der Waals surface area contributed by atoms with Gasteiger partial charge in [-0.1, -0.05) is 5.92 Å². The molecule has 0 aromatic rings. The molecule has 0 amide bonds. The first kappa shape index (κ1) is 12.9. The zero-order valence-corrected chi connectivity index (χ0v) is 9.80. The third-order valence-electron chi connectivity index (χ3n) is 1.68. The van der Waals surface area contributed by atoms with Crippen molar-refractivity contribution in [3.8, 4) is 12.3 Å². The molecule has 76 valence electrons. The van der Waals surface area contributed by atoms with E-state index in [2.05, 4.69) is 5.92 Å². The summed E-state index contributed by atoms with van der Waals surface area (Å²) in [6.45, 7) is 7.77. The average molecular weight is 204 g/mol. The van der Waals surface area contributed by atoms with Crippen LogP contribution in [0, 0.1) is 12.3 Å². The normalized spacial score (nSPS) is 11.7. The van der Waals surface area contributed by atoms with Crippen molar-refractivity contribution in [1.82, 2.24) is 4.67 Å². The maximum atomic E-state index is 5.60. The van der Waals surface area contributed by atoms with E-state index >= 15 is 0 Å². The van der Waals surface area contributed by atoms with Crippen molar-refractivity contribution in [2.45, 2.75) is 13.8 Å². The second kappa shape index (κ2) is 6.34. The van der Waals surface area contributed by atoms with Gasteiger partial charge in [-0.15, -0.1) is 11.1 Å². The molecule has 0 rings (SSSR count). The van der Waals surface area contributed by atoms with E-state index in [4.69, 9.17) is 15.5 Å². The van der Waals surface area contributed by atoms with E-state index in [1.165, 1.54) is 0 Å². The van der Waals surface area contributed by atoms with Crippen LogP contribution in [0.4, 0.5) is 0 Å². The first-order chi connectivity index (χ1) is 6.10. The highest BCUT2D eigenvalue weighted by molar-refractivity contribution is 7.63. The van der Waals surface area contributed by atoms with Gasteiger partial charge in [-0.05, 0) is 13.8 Å².